The molecule has 19 heavy (non-hydrogen) atoms. The topological polar surface area (TPSA) is 61.8 Å². The van der Waals surface area contributed by atoms with Gasteiger partial charge in [0, 0.05) is 32.8 Å². The summed E-state index contributed by atoms with van der Waals surface area (Å²) in [5, 5.41) is 12.9. The first-order valence-electron chi connectivity index (χ1n) is 6.38. The minimum absolute atomic E-state index is 0.00801. The van der Waals surface area contributed by atoms with Crippen LogP contribution in [0.1, 0.15) is 5.56 Å². The van der Waals surface area contributed by atoms with Crippen LogP contribution in [-0.2, 0) is 16.0 Å². The minimum Gasteiger partial charge on any atom is -0.389 e. The van der Waals surface area contributed by atoms with Crippen LogP contribution in [0.4, 0.5) is 5.69 Å². The number of amides is 1. The van der Waals surface area contributed by atoms with Gasteiger partial charge in [0.15, 0.2) is 0 Å². The van der Waals surface area contributed by atoms with Gasteiger partial charge in [-0.15, -0.1) is 0 Å². The van der Waals surface area contributed by atoms with Crippen molar-refractivity contribution < 1.29 is 14.6 Å². The molecule has 1 aliphatic rings. The Morgan fingerprint density at radius 2 is 2.32 bits per heavy atom. The van der Waals surface area contributed by atoms with E-state index in [0.29, 0.717) is 6.42 Å². The zero-order valence-electron chi connectivity index (χ0n) is 11.3. The molecule has 1 amide bonds. The number of rotatable bonds is 5. The number of methoxy groups -OCH3 is 1. The number of hydrogen-bond acceptors (Lipinski definition) is 4. The molecule has 104 valence electrons. The van der Waals surface area contributed by atoms with Crippen molar-refractivity contribution in [3.05, 3.63) is 29.8 Å². The van der Waals surface area contributed by atoms with Gasteiger partial charge < -0.3 is 20.1 Å². The highest BCUT2D eigenvalue weighted by Crippen LogP contribution is 2.25. The lowest BCUT2D eigenvalue weighted by Crippen LogP contribution is -2.43. The summed E-state index contributed by atoms with van der Waals surface area (Å²) < 4.78 is 4.86. The van der Waals surface area contributed by atoms with Crippen molar-refractivity contribution in [3.8, 4) is 0 Å². The lowest BCUT2D eigenvalue weighted by Gasteiger charge is -2.23. The number of hydrogen-bond donors (Lipinski definition) is 2. The quantitative estimate of drug-likeness (QED) is 0.812. The van der Waals surface area contributed by atoms with E-state index in [1.54, 1.807) is 11.9 Å². The van der Waals surface area contributed by atoms with Gasteiger partial charge in [-0.1, -0.05) is 18.2 Å². The number of carbonyl (C=O) groups is 1. The minimum atomic E-state index is -0.650. The summed E-state index contributed by atoms with van der Waals surface area (Å²) >= 11 is 0. The molecule has 0 fully saturated rings. The van der Waals surface area contributed by atoms with Gasteiger partial charge in [0.25, 0.3) is 0 Å². The molecule has 0 saturated carbocycles. The van der Waals surface area contributed by atoms with Crippen LogP contribution in [0.2, 0.25) is 0 Å². The van der Waals surface area contributed by atoms with Gasteiger partial charge in [0.05, 0.1) is 12.7 Å². The summed E-state index contributed by atoms with van der Waals surface area (Å²) in [7, 11) is 3.23. The van der Waals surface area contributed by atoms with E-state index in [2.05, 4.69) is 5.32 Å². The maximum absolute atomic E-state index is 12.3. The molecule has 0 saturated heterocycles. The van der Waals surface area contributed by atoms with Crippen molar-refractivity contribution in [2.75, 3.05) is 32.6 Å². The molecule has 1 heterocycles. The third-order valence-corrected chi connectivity index (χ3v) is 3.29. The van der Waals surface area contributed by atoms with Crippen LogP contribution in [0.5, 0.6) is 0 Å². The van der Waals surface area contributed by atoms with Gasteiger partial charge in [-0.3, -0.25) is 4.79 Å². The summed E-state index contributed by atoms with van der Waals surface area (Å²) in [5.74, 6) is -0.00801. The molecule has 2 atom stereocenters. The van der Waals surface area contributed by atoms with Gasteiger partial charge in [-0.25, -0.2) is 0 Å². The molecule has 1 aromatic rings. The van der Waals surface area contributed by atoms with Crippen LogP contribution in [-0.4, -0.2) is 55.4 Å². The van der Waals surface area contributed by atoms with Crippen molar-refractivity contribution in [1.29, 1.82) is 0 Å². The standard InChI is InChI=1S/C14H20N2O3/c1-16(8-11(17)9-19-2)14(18)13-7-10-5-3-4-6-12(10)15-13/h3-6,11,13,15,17H,7-9H2,1-2H3/t11-,13-/m1/s1. The van der Waals surface area contributed by atoms with Gasteiger partial charge in [-0.05, 0) is 11.6 Å². The van der Waals surface area contributed by atoms with E-state index in [1.165, 1.54) is 7.11 Å². The van der Waals surface area contributed by atoms with Crippen LogP contribution in [0.3, 0.4) is 0 Å². The molecule has 1 aromatic carbocycles. The Bertz CT molecular complexity index is 425. The van der Waals surface area contributed by atoms with E-state index in [9.17, 15) is 9.90 Å². The van der Waals surface area contributed by atoms with Crippen molar-refractivity contribution in [2.45, 2.75) is 18.6 Å². The largest absolute Gasteiger partial charge is 0.389 e. The maximum Gasteiger partial charge on any atom is 0.245 e. The van der Waals surface area contributed by atoms with Crippen molar-refractivity contribution >= 4 is 11.6 Å². The monoisotopic (exact) mass is 264 g/mol. The molecular formula is C14H20N2O3. The summed E-state index contributed by atoms with van der Waals surface area (Å²) in [6.07, 6.45) is 0.0439. The van der Waals surface area contributed by atoms with Gasteiger partial charge in [0.2, 0.25) is 5.91 Å². The summed E-state index contributed by atoms with van der Waals surface area (Å²) in [6, 6.07) is 7.68. The summed E-state index contributed by atoms with van der Waals surface area (Å²) in [6.45, 7) is 0.511. The number of para-hydroxylation sites is 1. The lowest BCUT2D eigenvalue weighted by molar-refractivity contribution is -0.132. The SMILES string of the molecule is COC[C@H](O)CN(C)C(=O)[C@H]1Cc2ccccc2N1. The Labute approximate surface area is 113 Å². The zero-order valence-corrected chi connectivity index (χ0v) is 11.3. The fourth-order valence-electron chi connectivity index (χ4n) is 2.36. The maximum atomic E-state index is 12.3. The number of nitrogens with zero attached hydrogens (tertiary/aromatic N) is 1. The average Bonchev–Trinajstić information content (AvgIpc) is 2.81. The highest BCUT2D eigenvalue weighted by Gasteiger charge is 2.29. The van der Waals surface area contributed by atoms with E-state index >= 15 is 0 Å². The molecule has 2 rings (SSSR count). The third-order valence-electron chi connectivity index (χ3n) is 3.29. The van der Waals surface area contributed by atoms with Crippen LogP contribution >= 0.6 is 0 Å². The Morgan fingerprint density at radius 3 is 3.00 bits per heavy atom. The smallest absolute Gasteiger partial charge is 0.245 e. The van der Waals surface area contributed by atoms with Crippen LogP contribution in [0.15, 0.2) is 24.3 Å². The molecule has 0 spiro atoms. The first kappa shape index (κ1) is 13.8. The van der Waals surface area contributed by atoms with Crippen LogP contribution < -0.4 is 5.32 Å². The summed E-state index contributed by atoms with van der Waals surface area (Å²) in [4.78, 5) is 13.8. The average molecular weight is 264 g/mol. The fraction of sp³-hybridized carbons (Fsp3) is 0.500. The third kappa shape index (κ3) is 3.24. The molecule has 5 heteroatoms. The lowest BCUT2D eigenvalue weighted by atomic mass is 10.1. The first-order valence-corrected chi connectivity index (χ1v) is 6.38. The number of likely N-dealkylation sites (N-methyl/N-ethyl adjacent to an activating group) is 1. The molecular weight excluding hydrogens is 244 g/mol. The van der Waals surface area contributed by atoms with Crippen LogP contribution in [0.25, 0.3) is 0 Å². The van der Waals surface area contributed by atoms with Gasteiger partial charge in [-0.2, -0.15) is 0 Å². The molecule has 0 aliphatic carbocycles. The van der Waals surface area contributed by atoms with Crippen molar-refractivity contribution in [1.82, 2.24) is 4.90 Å². The number of aliphatic hydroxyl groups excluding tert-OH is 1. The molecule has 0 aromatic heterocycles. The van der Waals surface area contributed by atoms with E-state index in [0.717, 1.165) is 11.3 Å². The van der Waals surface area contributed by atoms with Gasteiger partial charge >= 0.3 is 0 Å². The highest BCUT2D eigenvalue weighted by atomic mass is 16.5. The molecule has 0 bridgehead atoms. The number of carbonyl (C=O) groups excluding carboxylic acids is 1. The predicted octanol–water partition coefficient (Wildman–Crippen LogP) is 0.489. The Morgan fingerprint density at radius 1 is 1.58 bits per heavy atom. The number of nitrogens with one attached hydrogen (secondary N) is 1. The van der Waals surface area contributed by atoms with E-state index in [-0.39, 0.29) is 25.1 Å². The molecule has 1 aliphatic heterocycles. The van der Waals surface area contributed by atoms with Crippen molar-refractivity contribution in [2.24, 2.45) is 0 Å². The molecule has 2 N–H and O–H groups in total. The number of anilines is 1. The summed E-state index contributed by atoms with van der Waals surface area (Å²) in [5.41, 5.74) is 2.18. The highest BCUT2D eigenvalue weighted by molar-refractivity contribution is 5.87. The number of aliphatic hydroxyl groups is 1. The van der Waals surface area contributed by atoms with E-state index in [4.69, 9.17) is 4.74 Å². The normalized spacial score (nSPS) is 18.6. The van der Waals surface area contributed by atoms with Gasteiger partial charge in [0.1, 0.15) is 6.04 Å². The Balaban J connectivity index is 1.91. The van der Waals surface area contributed by atoms with E-state index < -0.39 is 6.10 Å². The zero-order chi connectivity index (χ0) is 13.8. The predicted molar refractivity (Wildman–Crippen MR) is 73.1 cm³/mol. The van der Waals surface area contributed by atoms with E-state index in [1.807, 2.05) is 24.3 Å². The second kappa shape index (κ2) is 6.04. The Hall–Kier alpha value is -1.59. The molecule has 0 radical (unpaired) electrons. The fourth-order valence-corrected chi connectivity index (χ4v) is 2.36. The molecule has 5 nitrogen and oxygen atoms in total. The second-order valence-electron chi connectivity index (χ2n) is 4.89. The van der Waals surface area contributed by atoms with Crippen LogP contribution in [0, 0.1) is 0 Å². The first-order chi connectivity index (χ1) is 9.11. The number of benzene rings is 1. The Kier molecular flexibility index (Phi) is 4.39. The number of fused-ring (bicyclic) bond motifs is 1. The second-order valence-corrected chi connectivity index (χ2v) is 4.89. The van der Waals surface area contributed by atoms with Crippen molar-refractivity contribution in [3.63, 3.8) is 0 Å². The molecule has 0 unspecified atom stereocenters. The number of ether oxygens (including phenoxy) is 1.